The Bertz CT molecular complexity index is 288. The molecule has 1 unspecified atom stereocenters. The topological polar surface area (TPSA) is 69.6 Å². The van der Waals surface area contributed by atoms with Crippen LogP contribution < -0.4 is 5.32 Å². The third kappa shape index (κ3) is 4.20. The Labute approximate surface area is 109 Å². The van der Waals surface area contributed by atoms with E-state index in [0.29, 0.717) is 25.6 Å². The van der Waals surface area contributed by atoms with E-state index in [4.69, 9.17) is 5.11 Å². The number of carbonyl (C=O) groups excluding carboxylic acids is 1. The molecule has 0 saturated heterocycles. The molecule has 5 heteroatoms. The van der Waals surface area contributed by atoms with Crippen LogP contribution in [0, 0.1) is 5.92 Å². The Morgan fingerprint density at radius 1 is 1.39 bits per heavy atom. The molecule has 0 aliphatic heterocycles. The molecule has 1 atom stereocenters. The molecule has 0 radical (unpaired) electrons. The molecule has 1 fully saturated rings. The molecule has 2 amide bonds. The first-order chi connectivity index (χ1) is 8.56. The minimum Gasteiger partial charge on any atom is -0.481 e. The van der Waals surface area contributed by atoms with E-state index in [1.165, 1.54) is 12.8 Å². The highest BCUT2D eigenvalue weighted by molar-refractivity contribution is 5.74. The van der Waals surface area contributed by atoms with Gasteiger partial charge in [-0.15, -0.1) is 0 Å². The zero-order valence-electron chi connectivity index (χ0n) is 11.3. The molecule has 1 aliphatic carbocycles. The fourth-order valence-corrected chi connectivity index (χ4v) is 2.40. The Balaban J connectivity index is 2.31. The maximum Gasteiger partial charge on any atom is 0.317 e. The van der Waals surface area contributed by atoms with Crippen molar-refractivity contribution >= 4 is 12.0 Å². The summed E-state index contributed by atoms with van der Waals surface area (Å²) in [5, 5.41) is 11.6. The van der Waals surface area contributed by atoms with Gasteiger partial charge in [0.05, 0.1) is 5.92 Å². The number of hydrogen-bond donors (Lipinski definition) is 2. The number of hydrogen-bond acceptors (Lipinski definition) is 2. The highest BCUT2D eigenvalue weighted by Crippen LogP contribution is 2.23. The van der Waals surface area contributed by atoms with Crippen LogP contribution in [0.2, 0.25) is 0 Å². The predicted molar refractivity (Wildman–Crippen MR) is 69.5 cm³/mol. The molecule has 1 rings (SSSR count). The van der Waals surface area contributed by atoms with E-state index in [2.05, 4.69) is 5.32 Å². The van der Waals surface area contributed by atoms with Crippen LogP contribution in [0.15, 0.2) is 0 Å². The summed E-state index contributed by atoms with van der Waals surface area (Å²) in [6.07, 6.45) is 5.05. The first-order valence-corrected chi connectivity index (χ1v) is 6.83. The molecule has 1 saturated carbocycles. The van der Waals surface area contributed by atoms with Gasteiger partial charge in [-0.25, -0.2) is 4.79 Å². The normalized spacial score (nSPS) is 17.4. The van der Waals surface area contributed by atoms with E-state index in [1.807, 2.05) is 11.8 Å². The van der Waals surface area contributed by atoms with Gasteiger partial charge in [0.2, 0.25) is 0 Å². The average molecular weight is 256 g/mol. The van der Waals surface area contributed by atoms with Crippen molar-refractivity contribution < 1.29 is 14.7 Å². The molecule has 18 heavy (non-hydrogen) atoms. The summed E-state index contributed by atoms with van der Waals surface area (Å²) in [6, 6.07) is 0.314. The number of carboxylic acid groups (broad SMARTS) is 1. The number of nitrogens with zero attached hydrogens (tertiary/aromatic N) is 1. The summed E-state index contributed by atoms with van der Waals surface area (Å²) in [4.78, 5) is 24.5. The molecule has 0 heterocycles. The summed E-state index contributed by atoms with van der Waals surface area (Å²) in [5.74, 6) is -1.22. The van der Waals surface area contributed by atoms with E-state index in [-0.39, 0.29) is 6.03 Å². The Kier molecular flexibility index (Phi) is 5.95. The zero-order chi connectivity index (χ0) is 13.5. The zero-order valence-corrected chi connectivity index (χ0v) is 11.3. The summed E-state index contributed by atoms with van der Waals surface area (Å²) >= 11 is 0. The van der Waals surface area contributed by atoms with E-state index in [9.17, 15) is 9.59 Å². The number of carbonyl (C=O) groups is 2. The second-order valence-electron chi connectivity index (χ2n) is 4.98. The van der Waals surface area contributed by atoms with Crippen LogP contribution >= 0.6 is 0 Å². The van der Waals surface area contributed by atoms with Crippen LogP contribution in [-0.2, 0) is 4.79 Å². The SMILES string of the molecule is CCN(C(=O)NCCC(C)C(=O)O)C1CCCC1. The van der Waals surface area contributed by atoms with Crippen LogP contribution in [0.5, 0.6) is 0 Å². The van der Waals surface area contributed by atoms with Gasteiger partial charge in [-0.05, 0) is 26.2 Å². The summed E-state index contributed by atoms with van der Waals surface area (Å²) in [5.41, 5.74) is 0. The number of carboxylic acids is 1. The van der Waals surface area contributed by atoms with Crippen molar-refractivity contribution in [1.82, 2.24) is 10.2 Å². The number of aliphatic carboxylic acids is 1. The van der Waals surface area contributed by atoms with Crippen molar-refractivity contribution in [1.29, 1.82) is 0 Å². The van der Waals surface area contributed by atoms with Gasteiger partial charge in [0.15, 0.2) is 0 Å². The first-order valence-electron chi connectivity index (χ1n) is 6.83. The largest absolute Gasteiger partial charge is 0.481 e. The van der Waals surface area contributed by atoms with Gasteiger partial charge in [-0.2, -0.15) is 0 Å². The van der Waals surface area contributed by atoms with Crippen LogP contribution in [0.1, 0.15) is 46.0 Å². The molecule has 0 spiro atoms. The minimum atomic E-state index is -0.813. The Hall–Kier alpha value is -1.26. The Morgan fingerprint density at radius 3 is 2.50 bits per heavy atom. The van der Waals surface area contributed by atoms with Gasteiger partial charge in [-0.1, -0.05) is 19.8 Å². The van der Waals surface area contributed by atoms with E-state index < -0.39 is 11.9 Å². The van der Waals surface area contributed by atoms with Crippen molar-refractivity contribution in [2.75, 3.05) is 13.1 Å². The lowest BCUT2D eigenvalue weighted by molar-refractivity contribution is -0.141. The molecule has 0 aromatic rings. The second kappa shape index (κ2) is 7.24. The molecular weight excluding hydrogens is 232 g/mol. The van der Waals surface area contributed by atoms with Crippen LogP contribution in [0.25, 0.3) is 0 Å². The third-order valence-corrected chi connectivity index (χ3v) is 3.64. The quantitative estimate of drug-likeness (QED) is 0.764. The maximum absolute atomic E-state index is 12.0. The van der Waals surface area contributed by atoms with Gasteiger partial charge in [-0.3, -0.25) is 4.79 Å². The standard InChI is InChI=1S/C13H24N2O3/c1-3-15(11-6-4-5-7-11)13(18)14-9-8-10(2)12(16)17/h10-11H,3-9H2,1-2H3,(H,14,18)(H,16,17). The summed E-state index contributed by atoms with van der Waals surface area (Å²) in [6.45, 7) is 4.78. The van der Waals surface area contributed by atoms with Crippen molar-refractivity contribution in [3.05, 3.63) is 0 Å². The Morgan fingerprint density at radius 2 is 2.00 bits per heavy atom. The lowest BCUT2D eigenvalue weighted by atomic mass is 10.1. The van der Waals surface area contributed by atoms with Crippen molar-refractivity contribution in [3.8, 4) is 0 Å². The highest BCUT2D eigenvalue weighted by atomic mass is 16.4. The van der Waals surface area contributed by atoms with E-state index >= 15 is 0 Å². The molecule has 0 aromatic heterocycles. The third-order valence-electron chi connectivity index (χ3n) is 3.64. The maximum atomic E-state index is 12.0. The molecule has 1 aliphatic rings. The van der Waals surface area contributed by atoms with Crippen molar-refractivity contribution in [2.24, 2.45) is 5.92 Å². The van der Waals surface area contributed by atoms with Crippen LogP contribution in [0.4, 0.5) is 4.79 Å². The summed E-state index contributed by atoms with van der Waals surface area (Å²) in [7, 11) is 0. The molecule has 0 aromatic carbocycles. The molecular formula is C13H24N2O3. The molecule has 0 bridgehead atoms. The number of rotatable bonds is 6. The van der Waals surface area contributed by atoms with Gasteiger partial charge in [0.25, 0.3) is 0 Å². The lowest BCUT2D eigenvalue weighted by Crippen LogP contribution is -2.45. The van der Waals surface area contributed by atoms with Crippen LogP contribution in [0.3, 0.4) is 0 Å². The average Bonchev–Trinajstić information content (AvgIpc) is 2.83. The second-order valence-corrected chi connectivity index (χ2v) is 4.98. The van der Waals surface area contributed by atoms with Crippen LogP contribution in [-0.4, -0.2) is 41.1 Å². The van der Waals surface area contributed by atoms with Gasteiger partial charge >= 0.3 is 12.0 Å². The van der Waals surface area contributed by atoms with E-state index in [0.717, 1.165) is 12.8 Å². The molecule has 5 nitrogen and oxygen atoms in total. The molecule has 104 valence electrons. The number of amides is 2. The monoisotopic (exact) mass is 256 g/mol. The van der Waals surface area contributed by atoms with Gasteiger partial charge in [0.1, 0.15) is 0 Å². The summed E-state index contributed by atoms with van der Waals surface area (Å²) < 4.78 is 0. The van der Waals surface area contributed by atoms with Gasteiger partial charge in [0, 0.05) is 19.1 Å². The minimum absolute atomic E-state index is 0.0537. The smallest absolute Gasteiger partial charge is 0.317 e. The molecule has 2 N–H and O–H groups in total. The van der Waals surface area contributed by atoms with Crippen molar-refractivity contribution in [3.63, 3.8) is 0 Å². The highest BCUT2D eigenvalue weighted by Gasteiger charge is 2.25. The first kappa shape index (κ1) is 14.8. The fraction of sp³-hybridized carbons (Fsp3) is 0.846. The fourth-order valence-electron chi connectivity index (χ4n) is 2.40. The van der Waals surface area contributed by atoms with E-state index in [1.54, 1.807) is 6.92 Å². The number of nitrogens with one attached hydrogen (secondary N) is 1. The van der Waals surface area contributed by atoms with Crippen molar-refractivity contribution in [2.45, 2.75) is 52.0 Å². The lowest BCUT2D eigenvalue weighted by Gasteiger charge is -2.27. The predicted octanol–water partition coefficient (Wildman–Crippen LogP) is 2.07. The number of urea groups is 1. The van der Waals surface area contributed by atoms with Gasteiger partial charge < -0.3 is 15.3 Å².